The highest BCUT2D eigenvalue weighted by Gasteiger charge is 2.40. The maximum atomic E-state index is 5.30. The van der Waals surface area contributed by atoms with Gasteiger partial charge in [0.25, 0.3) is 0 Å². The maximum Gasteiger partial charge on any atom is 0.0495 e. The monoisotopic (exact) mass is 1430 g/mol. The van der Waals surface area contributed by atoms with Crippen molar-refractivity contribution in [3.8, 4) is 0 Å². The predicted octanol–water partition coefficient (Wildman–Crippen LogP) is 36.9. The summed E-state index contributed by atoms with van der Waals surface area (Å²) in [5.41, 5.74) is 6.31. The van der Waals surface area contributed by atoms with Crippen LogP contribution in [0.25, 0.3) is 0 Å². The van der Waals surface area contributed by atoms with Gasteiger partial charge in [-0.25, -0.2) is 0 Å². The molecule has 0 aromatic heterocycles. The van der Waals surface area contributed by atoms with E-state index in [-0.39, 0.29) is 52.0 Å². The van der Waals surface area contributed by atoms with Crippen molar-refractivity contribution in [1.82, 2.24) is 0 Å². The second-order valence-electron chi connectivity index (χ2n) is 47.0. The molecule has 1 heterocycles. The Morgan fingerprint density at radius 2 is 0.465 bits per heavy atom. The van der Waals surface area contributed by atoms with E-state index < -0.39 is 0 Å². The summed E-state index contributed by atoms with van der Waals surface area (Å²) in [7, 11) is 0. The first-order valence-electron chi connectivity index (χ1n) is 42.1. The van der Waals surface area contributed by atoms with Crippen molar-refractivity contribution in [3.05, 3.63) is 0 Å². The van der Waals surface area contributed by atoms with E-state index in [2.05, 4.69) is 222 Å². The van der Waals surface area contributed by atoms with Crippen LogP contribution in [0.1, 0.15) is 518 Å². The number of hydrogen-bond acceptors (Lipinski definition) is 1. The van der Waals surface area contributed by atoms with Gasteiger partial charge < -0.3 is 4.74 Å². The minimum Gasteiger partial charge on any atom is -0.381 e. The summed E-state index contributed by atoms with van der Waals surface area (Å²) in [4.78, 5) is 0. The van der Waals surface area contributed by atoms with Crippen LogP contribution in [0, 0.1) is 119 Å². The zero-order valence-corrected chi connectivity index (χ0v) is 72.0. The molecule has 10 fully saturated rings. The summed E-state index contributed by atoms with van der Waals surface area (Å²) in [5, 5.41) is 0. The predicted molar refractivity (Wildman–Crippen MR) is 477 cm³/mol. The van der Waals surface area contributed by atoms with Gasteiger partial charge in [0, 0.05) is 13.2 Å². The first-order valence-corrected chi connectivity index (χ1v) is 42.1. The third-order valence-electron chi connectivity index (χ3n) is 21.8. The van der Waals surface area contributed by atoms with Crippen LogP contribution in [-0.2, 0) is 4.74 Å². The normalized spacial score (nSPS) is 21.2. The fourth-order valence-corrected chi connectivity index (χ4v) is 16.7. The van der Waals surface area contributed by atoms with Crippen molar-refractivity contribution in [2.75, 3.05) is 13.2 Å². The Morgan fingerprint density at radius 3 is 0.584 bits per heavy atom. The van der Waals surface area contributed by atoms with Crippen molar-refractivity contribution >= 4 is 0 Å². The van der Waals surface area contributed by atoms with Gasteiger partial charge in [0.2, 0.25) is 0 Å². The number of hydrogen-bond donors (Lipinski definition) is 0. The molecule has 0 aromatic rings. The van der Waals surface area contributed by atoms with Crippen molar-refractivity contribution in [1.29, 1.82) is 0 Å². The fourth-order valence-electron chi connectivity index (χ4n) is 16.7. The number of ether oxygens (including phenoxy) is 1. The van der Waals surface area contributed by atoms with E-state index in [9.17, 15) is 0 Å². The third kappa shape index (κ3) is 76.5. The molecule has 2 unspecified atom stereocenters. The molecule has 0 N–H and O–H groups in total. The summed E-state index contributed by atoms with van der Waals surface area (Å²) >= 11 is 0. The van der Waals surface area contributed by atoms with Crippen molar-refractivity contribution in [2.24, 2.45) is 119 Å². The van der Waals surface area contributed by atoms with Crippen molar-refractivity contribution in [3.63, 3.8) is 0 Å². The molecule has 1 saturated heterocycles. The summed E-state index contributed by atoms with van der Waals surface area (Å²) in [6.45, 7) is 76.9. The van der Waals surface area contributed by atoms with Gasteiger partial charge in [0.05, 0.1) is 0 Å². The van der Waals surface area contributed by atoms with E-state index in [1.807, 2.05) is 0 Å². The SMILES string of the molecule is C.C.C.C.C.C.C.CC(C)(C)CC1(C)CC1.CC(C)(C)CC1CC1.CC(C)(C)CC1CC1.CC(C)(C)CC1CCC1.CC(C)(C)CC1CCC1.CC(C)(C)CC1CCCC1.CC(C)(C)CC1CCCCC1.CC(C)(C)CC1CCCCC1.CC(C)(C)CC1CCOC1.CC(C1CC1)C(C)(C)C. The van der Waals surface area contributed by atoms with E-state index in [0.717, 1.165) is 77.8 Å². The van der Waals surface area contributed by atoms with E-state index in [1.54, 1.807) is 0 Å². The second-order valence-corrected chi connectivity index (χ2v) is 47.0. The molecule has 101 heavy (non-hydrogen) atoms. The smallest absolute Gasteiger partial charge is 0.0495 e. The molecule has 0 amide bonds. The molecule has 10 rings (SSSR count). The molecule has 0 spiro atoms. The molecule has 0 radical (unpaired) electrons. The van der Waals surface area contributed by atoms with Crippen LogP contribution in [-0.4, -0.2) is 13.2 Å². The average Bonchev–Trinajstić information content (AvgIpc) is 1.68. The van der Waals surface area contributed by atoms with Crippen LogP contribution in [0.15, 0.2) is 0 Å². The molecule has 2 atom stereocenters. The molecule has 0 bridgehead atoms. The number of rotatable bonds is 10. The lowest BCUT2D eigenvalue weighted by Crippen LogP contribution is -2.18. The van der Waals surface area contributed by atoms with Gasteiger partial charge in [-0.2, -0.15) is 0 Å². The highest BCUT2D eigenvalue weighted by molar-refractivity contribution is 4.92. The summed E-state index contributed by atoms with van der Waals surface area (Å²) in [6, 6.07) is 0. The van der Waals surface area contributed by atoms with Gasteiger partial charge in [-0.3, -0.25) is 0 Å². The third-order valence-corrected chi connectivity index (χ3v) is 21.8. The summed E-state index contributed by atoms with van der Waals surface area (Å²) in [5.74, 6) is 10.3. The van der Waals surface area contributed by atoms with Crippen LogP contribution in [0.4, 0.5) is 0 Å². The second kappa shape index (κ2) is 52.2. The topological polar surface area (TPSA) is 9.23 Å². The van der Waals surface area contributed by atoms with E-state index in [1.165, 1.54) is 244 Å². The van der Waals surface area contributed by atoms with Gasteiger partial charge in [-0.15, -0.1) is 0 Å². The highest BCUT2D eigenvalue weighted by atomic mass is 16.5. The Labute approximate surface area is 650 Å². The minimum atomic E-state index is 0. The quantitative estimate of drug-likeness (QED) is 0.212. The standard InChI is InChI=1S/2C11H22.C10H20.C9H18O.4C9H18.2C8H16.7CH4/c2*1-11(2,3)9-10-7-5-4-6-8-10;1-10(2,3)8-9-6-4-5-7-9;1-9(2,3)6-8-4-5-10-7-8;1-8(2,3)7-9(4)5-6-9;1-7(8-5-6-8)9(2,3)4;2*1-9(2,3)7-8-5-4-6-8;2*1-8(2,3)6-7-4-5-7;;;;;;;/h2*10H,4-9H2,1-3H3;9H,4-8H2,1-3H3;8H,4-7H2,1-3H3;5-7H2,1-4H3;7-8H,5-6H2,1-4H3;2*8H,4-7H2,1-3H3;2*7H,4-6H2,1-3H3;7*1H4. The van der Waals surface area contributed by atoms with Gasteiger partial charge in [-0.1, -0.05) is 428 Å². The minimum absolute atomic E-state index is 0. The zero-order valence-electron chi connectivity index (χ0n) is 72.0. The molecule has 1 aliphatic heterocycles. The van der Waals surface area contributed by atoms with Crippen LogP contribution in [0.5, 0.6) is 0 Å². The van der Waals surface area contributed by atoms with Crippen LogP contribution in [0.3, 0.4) is 0 Å². The Kier molecular flexibility index (Phi) is 59.0. The lowest BCUT2D eigenvalue weighted by molar-refractivity contribution is 0.173. The Morgan fingerprint density at radius 1 is 0.257 bits per heavy atom. The molecule has 9 aliphatic carbocycles. The van der Waals surface area contributed by atoms with E-state index >= 15 is 0 Å². The average molecular weight is 1430 g/mol. The lowest BCUT2D eigenvalue weighted by Gasteiger charge is -2.31. The van der Waals surface area contributed by atoms with Gasteiger partial charge >= 0.3 is 0 Å². The first kappa shape index (κ1) is 114. The summed E-state index contributed by atoms with van der Waals surface area (Å²) in [6.07, 6.45) is 55.8. The fraction of sp³-hybridized carbons (Fsp3) is 1.00. The van der Waals surface area contributed by atoms with Gasteiger partial charge in [-0.05, 0) is 209 Å². The molecular formula is C100H214O. The maximum absolute atomic E-state index is 5.30. The highest BCUT2D eigenvalue weighted by Crippen LogP contribution is 2.53. The molecule has 1 heteroatoms. The van der Waals surface area contributed by atoms with Gasteiger partial charge in [0.15, 0.2) is 0 Å². The lowest BCUT2D eigenvalue weighted by atomic mass is 9.74. The van der Waals surface area contributed by atoms with Gasteiger partial charge in [0.1, 0.15) is 0 Å². The Hall–Kier alpha value is -0.0400. The van der Waals surface area contributed by atoms with E-state index in [0.29, 0.717) is 54.1 Å². The molecule has 0 aromatic carbocycles. The Balaban J connectivity index is -0.000000193. The van der Waals surface area contributed by atoms with E-state index in [4.69, 9.17) is 4.74 Å². The van der Waals surface area contributed by atoms with Crippen LogP contribution in [0.2, 0.25) is 0 Å². The molecule has 1 nitrogen and oxygen atoms in total. The van der Waals surface area contributed by atoms with Crippen molar-refractivity contribution in [2.45, 2.75) is 518 Å². The largest absolute Gasteiger partial charge is 0.381 e. The van der Waals surface area contributed by atoms with Crippen molar-refractivity contribution < 1.29 is 4.74 Å². The van der Waals surface area contributed by atoms with Crippen LogP contribution < -0.4 is 0 Å². The summed E-state index contributed by atoms with van der Waals surface area (Å²) < 4.78 is 5.30. The molecular weight excluding hydrogens is 1220 g/mol. The molecule has 9 saturated carbocycles. The Bertz CT molecular complexity index is 1700. The molecule has 10 aliphatic rings. The zero-order chi connectivity index (χ0) is 72.3. The first-order chi connectivity index (χ1) is 42.6. The molecule has 620 valence electrons. The van der Waals surface area contributed by atoms with Crippen LogP contribution >= 0.6 is 0 Å².